The molecule has 2 aromatic rings. The molecule has 1 aromatic carbocycles. The molecule has 0 radical (unpaired) electrons. The van der Waals surface area contributed by atoms with Gasteiger partial charge in [-0.05, 0) is 17.5 Å². The maximum atomic E-state index is 12.4. The maximum Gasteiger partial charge on any atom is 0.333 e. The SMILES string of the molecule is Cn1c(O)c([C@@H]2NCCc3ccccc32)c(=O)n(C)c1=O. The molecule has 2 N–H and O–H groups in total. The second kappa shape index (κ2) is 4.89. The molecule has 0 unspecified atom stereocenters. The third kappa shape index (κ3) is 1.99. The Labute approximate surface area is 121 Å². The first kappa shape index (κ1) is 13.6. The van der Waals surface area contributed by atoms with Crippen LogP contribution in [0.15, 0.2) is 33.9 Å². The smallest absolute Gasteiger partial charge is 0.333 e. The van der Waals surface area contributed by atoms with Gasteiger partial charge in [-0.1, -0.05) is 24.3 Å². The molecule has 1 aliphatic rings. The van der Waals surface area contributed by atoms with E-state index in [1.165, 1.54) is 14.1 Å². The summed E-state index contributed by atoms with van der Waals surface area (Å²) in [4.78, 5) is 24.3. The minimum absolute atomic E-state index is 0.215. The molecule has 0 bridgehead atoms. The Hall–Kier alpha value is -2.34. The van der Waals surface area contributed by atoms with Crippen LogP contribution in [0.1, 0.15) is 22.7 Å². The third-order valence-corrected chi connectivity index (χ3v) is 4.07. The van der Waals surface area contributed by atoms with Crippen LogP contribution in [0.5, 0.6) is 5.88 Å². The first-order chi connectivity index (χ1) is 10.0. The zero-order valence-electron chi connectivity index (χ0n) is 12.0. The third-order valence-electron chi connectivity index (χ3n) is 4.07. The second-order valence-electron chi connectivity index (χ2n) is 5.28. The van der Waals surface area contributed by atoms with Crippen LogP contribution in [0.2, 0.25) is 0 Å². The summed E-state index contributed by atoms with van der Waals surface area (Å²) in [5, 5.41) is 13.5. The Bertz CT molecular complexity index is 820. The van der Waals surface area contributed by atoms with Crippen molar-refractivity contribution in [1.29, 1.82) is 0 Å². The molecule has 3 rings (SSSR count). The fraction of sp³-hybridized carbons (Fsp3) is 0.333. The molecule has 0 saturated heterocycles. The van der Waals surface area contributed by atoms with Crippen molar-refractivity contribution in [3.63, 3.8) is 0 Å². The first-order valence-electron chi connectivity index (χ1n) is 6.82. The Kier molecular flexibility index (Phi) is 3.17. The van der Waals surface area contributed by atoms with Crippen LogP contribution in [0.25, 0.3) is 0 Å². The topological polar surface area (TPSA) is 76.3 Å². The Balaban J connectivity index is 2.29. The number of aromatic hydroxyl groups is 1. The van der Waals surface area contributed by atoms with Crippen LogP contribution in [0, 0.1) is 0 Å². The summed E-state index contributed by atoms with van der Waals surface area (Å²) in [5.41, 5.74) is 1.33. The highest BCUT2D eigenvalue weighted by Gasteiger charge is 2.28. The van der Waals surface area contributed by atoms with Crippen molar-refractivity contribution in [3.8, 4) is 5.88 Å². The Morgan fingerprint density at radius 2 is 1.90 bits per heavy atom. The molecule has 6 nitrogen and oxygen atoms in total. The summed E-state index contributed by atoms with van der Waals surface area (Å²) >= 11 is 0. The minimum atomic E-state index is -0.537. The number of nitrogens with zero attached hydrogens (tertiary/aromatic N) is 2. The number of rotatable bonds is 1. The average molecular weight is 287 g/mol. The zero-order valence-corrected chi connectivity index (χ0v) is 12.0. The van der Waals surface area contributed by atoms with E-state index in [-0.39, 0.29) is 11.4 Å². The van der Waals surface area contributed by atoms with Gasteiger partial charge < -0.3 is 10.4 Å². The fourth-order valence-electron chi connectivity index (χ4n) is 2.87. The summed E-state index contributed by atoms with van der Waals surface area (Å²) in [6, 6.07) is 7.42. The molecule has 2 heterocycles. The Morgan fingerprint density at radius 1 is 1.19 bits per heavy atom. The maximum absolute atomic E-state index is 12.4. The standard InChI is InChI=1S/C15H17N3O3/c1-17-13(19)11(14(20)18(2)15(17)21)12-10-6-4-3-5-9(10)7-8-16-12/h3-6,12,16,19H,7-8H2,1-2H3/t12-/m1/s1. The van der Waals surface area contributed by atoms with E-state index in [9.17, 15) is 14.7 Å². The van der Waals surface area contributed by atoms with Gasteiger partial charge in [0, 0.05) is 20.6 Å². The summed E-state index contributed by atoms with van der Waals surface area (Å²) in [7, 11) is 2.87. The molecule has 1 aliphatic heterocycles. The molecular formula is C15H17N3O3. The van der Waals surface area contributed by atoms with E-state index in [1.807, 2.05) is 24.3 Å². The molecule has 0 fully saturated rings. The monoisotopic (exact) mass is 287 g/mol. The van der Waals surface area contributed by atoms with Gasteiger partial charge in [0.15, 0.2) is 0 Å². The average Bonchev–Trinajstić information content (AvgIpc) is 2.51. The van der Waals surface area contributed by atoms with Crippen LogP contribution in [0.3, 0.4) is 0 Å². The number of aromatic nitrogens is 2. The predicted octanol–water partition coefficient (Wildman–Crippen LogP) is 0.0247. The number of fused-ring (bicyclic) bond motifs is 1. The van der Waals surface area contributed by atoms with Gasteiger partial charge in [0.2, 0.25) is 5.88 Å². The number of benzene rings is 1. The van der Waals surface area contributed by atoms with Crippen molar-refractivity contribution in [2.75, 3.05) is 6.54 Å². The van der Waals surface area contributed by atoms with E-state index in [0.29, 0.717) is 6.54 Å². The predicted molar refractivity (Wildman–Crippen MR) is 78.6 cm³/mol. The van der Waals surface area contributed by atoms with E-state index in [0.717, 1.165) is 26.7 Å². The molecule has 6 heteroatoms. The van der Waals surface area contributed by atoms with Crippen LogP contribution >= 0.6 is 0 Å². The van der Waals surface area contributed by atoms with Crippen molar-refractivity contribution >= 4 is 0 Å². The van der Waals surface area contributed by atoms with E-state index in [1.54, 1.807) is 0 Å². The molecular weight excluding hydrogens is 270 g/mol. The van der Waals surface area contributed by atoms with Gasteiger partial charge in [0.25, 0.3) is 5.56 Å². The van der Waals surface area contributed by atoms with Gasteiger partial charge in [0.1, 0.15) is 0 Å². The van der Waals surface area contributed by atoms with E-state index < -0.39 is 17.3 Å². The van der Waals surface area contributed by atoms with Gasteiger partial charge in [-0.25, -0.2) is 4.79 Å². The number of hydrogen-bond acceptors (Lipinski definition) is 4. The van der Waals surface area contributed by atoms with Crippen molar-refractivity contribution < 1.29 is 5.11 Å². The largest absolute Gasteiger partial charge is 0.494 e. The van der Waals surface area contributed by atoms with Gasteiger partial charge in [-0.15, -0.1) is 0 Å². The van der Waals surface area contributed by atoms with Crippen molar-refractivity contribution in [2.45, 2.75) is 12.5 Å². The van der Waals surface area contributed by atoms with Crippen LogP contribution < -0.4 is 16.6 Å². The summed E-state index contributed by atoms with van der Waals surface area (Å²) < 4.78 is 2.11. The molecule has 0 spiro atoms. The van der Waals surface area contributed by atoms with Crippen LogP contribution in [0.4, 0.5) is 0 Å². The van der Waals surface area contributed by atoms with E-state index in [2.05, 4.69) is 5.32 Å². The van der Waals surface area contributed by atoms with E-state index >= 15 is 0 Å². The fourth-order valence-corrected chi connectivity index (χ4v) is 2.87. The van der Waals surface area contributed by atoms with E-state index in [4.69, 9.17) is 0 Å². The quantitative estimate of drug-likeness (QED) is 0.775. The lowest BCUT2D eigenvalue weighted by Gasteiger charge is -2.27. The zero-order chi connectivity index (χ0) is 15.1. The normalized spacial score (nSPS) is 17.5. The lowest BCUT2D eigenvalue weighted by molar-refractivity contribution is 0.391. The molecule has 1 aromatic heterocycles. The highest BCUT2D eigenvalue weighted by Crippen LogP contribution is 2.30. The van der Waals surface area contributed by atoms with Crippen molar-refractivity contribution in [3.05, 3.63) is 61.8 Å². The lowest BCUT2D eigenvalue weighted by Crippen LogP contribution is -2.42. The van der Waals surface area contributed by atoms with Crippen LogP contribution in [-0.4, -0.2) is 20.8 Å². The molecule has 110 valence electrons. The highest BCUT2D eigenvalue weighted by atomic mass is 16.3. The number of nitrogens with one attached hydrogen (secondary N) is 1. The Morgan fingerprint density at radius 3 is 2.67 bits per heavy atom. The van der Waals surface area contributed by atoms with Crippen LogP contribution in [-0.2, 0) is 20.5 Å². The lowest BCUT2D eigenvalue weighted by atomic mass is 9.90. The molecule has 21 heavy (non-hydrogen) atoms. The first-order valence-corrected chi connectivity index (χ1v) is 6.82. The molecule has 0 aliphatic carbocycles. The highest BCUT2D eigenvalue weighted by molar-refractivity contribution is 5.41. The summed E-state index contributed by atoms with van der Waals surface area (Å²) in [6.45, 7) is 0.715. The molecule has 0 saturated carbocycles. The number of hydrogen-bond donors (Lipinski definition) is 2. The van der Waals surface area contributed by atoms with Crippen molar-refractivity contribution in [2.24, 2.45) is 14.1 Å². The summed E-state index contributed by atoms with van der Waals surface area (Å²) in [6.07, 6.45) is 0.875. The van der Waals surface area contributed by atoms with Gasteiger partial charge in [-0.3, -0.25) is 13.9 Å². The van der Waals surface area contributed by atoms with Gasteiger partial charge >= 0.3 is 5.69 Å². The van der Waals surface area contributed by atoms with Gasteiger partial charge in [0.05, 0.1) is 11.6 Å². The summed E-state index contributed by atoms with van der Waals surface area (Å²) in [5.74, 6) is -0.280. The molecule has 0 amide bonds. The van der Waals surface area contributed by atoms with Crippen molar-refractivity contribution in [1.82, 2.24) is 14.5 Å². The molecule has 1 atom stereocenters. The second-order valence-corrected chi connectivity index (χ2v) is 5.28. The minimum Gasteiger partial charge on any atom is -0.494 e. The van der Waals surface area contributed by atoms with Gasteiger partial charge in [-0.2, -0.15) is 0 Å².